The molecule has 2 atom stereocenters. The molecule has 1 fully saturated rings. The van der Waals surface area contributed by atoms with Crippen molar-refractivity contribution in [1.29, 1.82) is 0 Å². The van der Waals surface area contributed by atoms with Crippen molar-refractivity contribution in [2.24, 2.45) is 20.0 Å². The van der Waals surface area contributed by atoms with Gasteiger partial charge in [-0.3, -0.25) is 29.3 Å². The number of ether oxygens (including phenoxy) is 1. The summed E-state index contributed by atoms with van der Waals surface area (Å²) in [5.74, 6) is -5.75. The Kier molecular flexibility index (Phi) is 7.86. The monoisotopic (exact) mass is 668 g/mol. The lowest BCUT2D eigenvalue weighted by Gasteiger charge is -2.36. The lowest BCUT2D eigenvalue weighted by atomic mass is 9.95. The number of hydroxylamine groups is 3. The predicted molar refractivity (Wildman–Crippen MR) is 163 cm³/mol. The largest absolute Gasteiger partial charge is 0.497 e. The first-order valence-electron chi connectivity index (χ1n) is 14.8. The molecule has 250 valence electrons. The van der Waals surface area contributed by atoms with Crippen molar-refractivity contribution in [3.8, 4) is 0 Å². The summed E-state index contributed by atoms with van der Waals surface area (Å²) in [4.78, 5) is 69.3. The fourth-order valence-corrected chi connectivity index (χ4v) is 6.51. The van der Waals surface area contributed by atoms with Gasteiger partial charge in [-0.25, -0.2) is 9.69 Å². The van der Waals surface area contributed by atoms with Gasteiger partial charge >= 0.3 is 18.1 Å². The van der Waals surface area contributed by atoms with Crippen LogP contribution in [0.15, 0.2) is 54.9 Å². The van der Waals surface area contributed by atoms with E-state index in [1.165, 1.54) is 25.2 Å². The Morgan fingerprint density at radius 3 is 2.21 bits per heavy atom. The zero-order valence-corrected chi connectivity index (χ0v) is 25.9. The number of piperidine rings is 1. The van der Waals surface area contributed by atoms with Crippen LogP contribution in [0.4, 0.5) is 18.9 Å². The van der Waals surface area contributed by atoms with Crippen molar-refractivity contribution in [3.63, 3.8) is 0 Å². The number of aromatic nitrogens is 2. The van der Waals surface area contributed by atoms with E-state index in [0.29, 0.717) is 27.4 Å². The third-order valence-electron chi connectivity index (χ3n) is 8.78. The van der Waals surface area contributed by atoms with Crippen molar-refractivity contribution in [2.45, 2.75) is 19.0 Å². The number of para-hydroxylation sites is 1. The number of likely N-dealkylation sites (tertiary alicyclic amines) is 1. The molecule has 0 spiro atoms. The summed E-state index contributed by atoms with van der Waals surface area (Å²) < 4.78 is 46.6. The van der Waals surface area contributed by atoms with Crippen LogP contribution < -0.4 is 0 Å². The Morgan fingerprint density at radius 2 is 1.58 bits per heavy atom. The van der Waals surface area contributed by atoms with E-state index < -0.39 is 52.1 Å². The molecule has 13 nitrogen and oxygen atoms in total. The molecule has 2 aromatic carbocycles. The summed E-state index contributed by atoms with van der Waals surface area (Å²) in [6, 6.07) is 11.4. The molecule has 2 unspecified atom stereocenters. The van der Waals surface area contributed by atoms with Gasteiger partial charge in [0.2, 0.25) is 0 Å². The van der Waals surface area contributed by atoms with Crippen LogP contribution in [0, 0.1) is 16.0 Å². The highest BCUT2D eigenvalue weighted by molar-refractivity contribution is 6.50. The second-order valence-corrected chi connectivity index (χ2v) is 12.1. The number of nitro groups is 1. The van der Waals surface area contributed by atoms with Gasteiger partial charge in [-0.05, 0) is 18.6 Å². The van der Waals surface area contributed by atoms with Gasteiger partial charge in [0.05, 0.1) is 21.6 Å². The third kappa shape index (κ3) is 5.57. The Morgan fingerprint density at radius 1 is 0.979 bits per heavy atom. The van der Waals surface area contributed by atoms with Crippen molar-refractivity contribution in [3.05, 3.63) is 76.1 Å². The number of quaternary nitrogens is 1. The highest BCUT2D eigenvalue weighted by Crippen LogP contribution is 2.42. The van der Waals surface area contributed by atoms with E-state index in [-0.39, 0.29) is 42.8 Å². The van der Waals surface area contributed by atoms with Crippen LogP contribution >= 0.6 is 0 Å². The summed E-state index contributed by atoms with van der Waals surface area (Å²) in [5.41, 5.74) is 1.89. The quantitative estimate of drug-likeness (QED) is 0.0936. The number of hydrogen-bond donors (Lipinski definition) is 0. The Balaban J connectivity index is 1.33. The van der Waals surface area contributed by atoms with E-state index >= 15 is 0 Å². The standard InChI is InChI=1S/C32H29F3N5O8/c1-36-14-22(20-8-4-5-9-24(20)36)26-27(23-15-37(2)25-13-19(39(45)46)10-11-21(23)25)29(42)38(28(26)41)17-47-30(43)18-7-6-12-40(3,16-18)48-31(44)32(33,34)35/h4-5,8-11,13-15,18H,6-7,12,16-17H2,1-3H3/q+1. The van der Waals surface area contributed by atoms with Gasteiger partial charge in [-0.15, -0.1) is 4.65 Å². The molecule has 2 aliphatic heterocycles. The number of halogens is 3. The van der Waals surface area contributed by atoms with Crippen molar-refractivity contribution >= 4 is 62.4 Å². The fourth-order valence-electron chi connectivity index (χ4n) is 6.51. The maximum absolute atomic E-state index is 14.1. The van der Waals surface area contributed by atoms with Crippen LogP contribution in [-0.2, 0) is 42.8 Å². The number of carbonyl (C=O) groups excluding carboxylic acids is 4. The van der Waals surface area contributed by atoms with Crippen LogP contribution in [0.25, 0.3) is 33.0 Å². The summed E-state index contributed by atoms with van der Waals surface area (Å²) in [6.45, 7) is -1.03. The van der Waals surface area contributed by atoms with E-state index in [0.717, 1.165) is 10.4 Å². The number of benzene rings is 2. The smallest absolute Gasteiger partial charge is 0.443 e. The Hall–Kier alpha value is -5.51. The number of carbonyl (C=O) groups is 4. The summed E-state index contributed by atoms with van der Waals surface area (Å²) in [6.07, 6.45) is -1.43. The molecule has 6 rings (SSSR count). The molecule has 2 amide bonds. The fraction of sp³-hybridized carbons (Fsp3) is 0.312. The number of non-ortho nitro benzene ring substituents is 1. The maximum Gasteiger partial charge on any atom is 0.497 e. The lowest BCUT2D eigenvalue weighted by Crippen LogP contribution is -2.55. The maximum atomic E-state index is 14.1. The molecule has 2 aliphatic rings. The van der Waals surface area contributed by atoms with Gasteiger partial charge in [-0.2, -0.15) is 13.2 Å². The average Bonchev–Trinajstić information content (AvgIpc) is 3.62. The van der Waals surface area contributed by atoms with Gasteiger partial charge in [0.15, 0.2) is 6.73 Å². The molecule has 0 aliphatic carbocycles. The van der Waals surface area contributed by atoms with Crippen molar-refractivity contribution < 1.29 is 51.5 Å². The number of nitro benzene ring substituents is 1. The van der Waals surface area contributed by atoms with Crippen molar-refractivity contribution in [2.75, 3.05) is 26.9 Å². The first-order valence-corrected chi connectivity index (χ1v) is 14.8. The molecular weight excluding hydrogens is 639 g/mol. The molecule has 0 bridgehead atoms. The number of amides is 2. The molecule has 4 aromatic rings. The number of esters is 1. The molecule has 48 heavy (non-hydrogen) atoms. The number of imide groups is 1. The molecule has 0 N–H and O–H groups in total. The number of nitrogens with zero attached hydrogens (tertiary/aromatic N) is 5. The van der Waals surface area contributed by atoms with E-state index in [4.69, 9.17) is 4.74 Å². The van der Waals surface area contributed by atoms with Crippen LogP contribution in [0.1, 0.15) is 24.0 Å². The van der Waals surface area contributed by atoms with Crippen LogP contribution in [0.5, 0.6) is 0 Å². The van der Waals surface area contributed by atoms with Gasteiger partial charge < -0.3 is 13.9 Å². The van der Waals surface area contributed by atoms with Gasteiger partial charge in [0.1, 0.15) is 26.1 Å². The van der Waals surface area contributed by atoms with E-state index in [9.17, 15) is 42.5 Å². The minimum Gasteiger partial charge on any atom is -0.443 e. The van der Waals surface area contributed by atoms with Gasteiger partial charge in [0, 0.05) is 72.5 Å². The number of rotatable bonds is 7. The lowest BCUT2D eigenvalue weighted by molar-refractivity contribution is -1.08. The third-order valence-corrected chi connectivity index (χ3v) is 8.78. The number of aryl methyl sites for hydroxylation is 2. The van der Waals surface area contributed by atoms with Crippen molar-refractivity contribution in [1.82, 2.24) is 14.0 Å². The van der Waals surface area contributed by atoms with Crippen LogP contribution in [0.2, 0.25) is 0 Å². The molecule has 1 saturated heterocycles. The average molecular weight is 669 g/mol. The molecular formula is C32H29F3N5O8+. The normalized spacial score (nSPS) is 20.2. The zero-order chi connectivity index (χ0) is 34.7. The topological polar surface area (TPSA) is 143 Å². The molecule has 4 heterocycles. The summed E-state index contributed by atoms with van der Waals surface area (Å²) in [5, 5.41) is 12.6. The summed E-state index contributed by atoms with van der Waals surface area (Å²) >= 11 is 0. The summed E-state index contributed by atoms with van der Waals surface area (Å²) in [7, 11) is 4.69. The van der Waals surface area contributed by atoms with Crippen LogP contribution in [-0.4, -0.2) is 80.4 Å². The van der Waals surface area contributed by atoms with E-state index in [2.05, 4.69) is 4.84 Å². The van der Waals surface area contributed by atoms with Gasteiger partial charge in [-0.1, -0.05) is 18.2 Å². The first-order chi connectivity index (χ1) is 22.6. The van der Waals surface area contributed by atoms with E-state index in [1.807, 2.05) is 12.1 Å². The van der Waals surface area contributed by atoms with Crippen LogP contribution in [0.3, 0.4) is 0 Å². The Bertz CT molecular complexity index is 2080. The molecule has 0 radical (unpaired) electrons. The second kappa shape index (κ2) is 11.6. The number of fused-ring (bicyclic) bond motifs is 2. The highest BCUT2D eigenvalue weighted by atomic mass is 19.4. The minimum absolute atomic E-state index is 0.00725. The Labute approximate surface area is 270 Å². The number of alkyl halides is 3. The minimum atomic E-state index is -5.21. The molecule has 2 aromatic heterocycles. The first kappa shape index (κ1) is 32.4. The second-order valence-electron chi connectivity index (χ2n) is 12.1. The predicted octanol–water partition coefficient (Wildman–Crippen LogP) is 4.24. The zero-order valence-electron chi connectivity index (χ0n) is 25.9. The number of hydrogen-bond acceptors (Lipinski definition) is 8. The highest BCUT2D eigenvalue weighted by Gasteiger charge is 2.49. The SMILES string of the molecule is Cn1cc(C2=C(c3cn(C)c4cc([N+](=O)[O-])ccc34)C(=O)N(COC(=O)C3CCC[N+](C)(OC(=O)C(F)(F)F)C3)C2=O)c2ccccc21. The molecule has 0 saturated carbocycles. The molecule has 16 heteroatoms. The van der Waals surface area contributed by atoms with E-state index in [1.54, 1.807) is 47.8 Å². The van der Waals surface area contributed by atoms with Gasteiger partial charge in [0.25, 0.3) is 17.5 Å².